The van der Waals surface area contributed by atoms with Crippen molar-refractivity contribution in [3.05, 3.63) is 0 Å². The highest BCUT2D eigenvalue weighted by atomic mass is 16.4. The van der Waals surface area contributed by atoms with Crippen LogP contribution >= 0.6 is 0 Å². The zero-order chi connectivity index (χ0) is 13.8. The van der Waals surface area contributed by atoms with E-state index in [-0.39, 0.29) is 17.4 Å². The Morgan fingerprint density at radius 3 is 2.06 bits per heavy atom. The van der Waals surface area contributed by atoms with Gasteiger partial charge >= 0.3 is 5.97 Å². The smallest absolute Gasteiger partial charge is 0.307 e. The van der Waals surface area contributed by atoms with Gasteiger partial charge in [-0.15, -0.1) is 0 Å². The van der Waals surface area contributed by atoms with E-state index in [9.17, 15) is 9.59 Å². The number of carbonyl (C=O) groups excluding carboxylic acids is 1. The molecule has 1 rings (SSSR count). The van der Waals surface area contributed by atoms with Crippen LogP contribution in [0.25, 0.3) is 0 Å². The average Bonchev–Trinajstić information content (AvgIpc) is 2.85. The molecule has 0 aromatic rings. The number of carboxylic acids is 1. The van der Waals surface area contributed by atoms with Crippen LogP contribution in [0.1, 0.15) is 59.3 Å². The van der Waals surface area contributed by atoms with Crippen LogP contribution in [0.3, 0.4) is 0 Å². The lowest BCUT2D eigenvalue weighted by Gasteiger charge is -2.33. The molecule has 4 heteroatoms. The zero-order valence-electron chi connectivity index (χ0n) is 11.7. The van der Waals surface area contributed by atoms with E-state index in [1.165, 1.54) is 0 Å². The Balaban J connectivity index is 2.72. The van der Waals surface area contributed by atoms with Crippen molar-refractivity contribution >= 4 is 11.9 Å². The molecule has 0 saturated heterocycles. The van der Waals surface area contributed by atoms with Crippen molar-refractivity contribution in [3.8, 4) is 0 Å². The third-order valence-corrected chi connectivity index (χ3v) is 4.59. The maximum atomic E-state index is 12.3. The van der Waals surface area contributed by atoms with Crippen LogP contribution in [-0.4, -0.2) is 22.5 Å². The topological polar surface area (TPSA) is 66.4 Å². The molecule has 1 saturated carbocycles. The third-order valence-electron chi connectivity index (χ3n) is 4.59. The number of hydrogen-bond donors (Lipinski definition) is 2. The van der Waals surface area contributed by atoms with Gasteiger partial charge in [0.25, 0.3) is 0 Å². The van der Waals surface area contributed by atoms with Crippen molar-refractivity contribution in [3.63, 3.8) is 0 Å². The first kappa shape index (κ1) is 15.0. The molecule has 0 radical (unpaired) electrons. The Bertz CT molecular complexity index is 302. The fourth-order valence-corrected chi connectivity index (χ4v) is 2.94. The number of rotatable bonds is 6. The van der Waals surface area contributed by atoms with Crippen LogP contribution in [0, 0.1) is 11.8 Å². The molecule has 0 aliphatic heterocycles. The Kier molecular flexibility index (Phi) is 5.17. The highest BCUT2D eigenvalue weighted by molar-refractivity contribution is 5.85. The summed E-state index contributed by atoms with van der Waals surface area (Å²) in [5, 5.41) is 12.2. The first-order chi connectivity index (χ1) is 8.49. The van der Waals surface area contributed by atoms with Crippen LogP contribution in [0.2, 0.25) is 0 Å². The van der Waals surface area contributed by atoms with Gasteiger partial charge in [-0.25, -0.2) is 0 Å². The molecule has 1 aliphatic carbocycles. The number of hydrogen-bond acceptors (Lipinski definition) is 2. The summed E-state index contributed by atoms with van der Waals surface area (Å²) >= 11 is 0. The second-order valence-corrected chi connectivity index (χ2v) is 5.31. The molecule has 0 heterocycles. The van der Waals surface area contributed by atoms with E-state index in [1.807, 2.05) is 0 Å². The second kappa shape index (κ2) is 6.21. The van der Waals surface area contributed by atoms with E-state index in [0.29, 0.717) is 12.8 Å². The van der Waals surface area contributed by atoms with Gasteiger partial charge in [-0.1, -0.05) is 27.2 Å². The maximum absolute atomic E-state index is 12.3. The van der Waals surface area contributed by atoms with Gasteiger partial charge in [0.2, 0.25) is 5.91 Å². The van der Waals surface area contributed by atoms with Crippen molar-refractivity contribution in [2.24, 2.45) is 11.8 Å². The summed E-state index contributed by atoms with van der Waals surface area (Å²) < 4.78 is 0. The average molecular weight is 255 g/mol. The van der Waals surface area contributed by atoms with Crippen LogP contribution in [-0.2, 0) is 9.59 Å². The number of carboxylic acid groups (broad SMARTS) is 1. The van der Waals surface area contributed by atoms with Gasteiger partial charge in [0, 0.05) is 5.54 Å². The van der Waals surface area contributed by atoms with Crippen molar-refractivity contribution in [2.45, 2.75) is 64.8 Å². The molecule has 1 fully saturated rings. The summed E-state index contributed by atoms with van der Waals surface area (Å²) in [6, 6.07) is 0. The SMILES string of the molecule is CCC(CC)(CC)NC(=O)[C@@H]1CCC[C@@H]1C(=O)O. The molecule has 0 aromatic carbocycles. The van der Waals surface area contributed by atoms with E-state index < -0.39 is 11.9 Å². The molecule has 0 spiro atoms. The van der Waals surface area contributed by atoms with Gasteiger partial charge in [0.1, 0.15) is 0 Å². The fraction of sp³-hybridized carbons (Fsp3) is 0.857. The molecular weight excluding hydrogens is 230 g/mol. The van der Waals surface area contributed by atoms with Crippen molar-refractivity contribution in [1.29, 1.82) is 0 Å². The number of aliphatic carboxylic acids is 1. The fourth-order valence-electron chi connectivity index (χ4n) is 2.94. The predicted octanol–water partition coefficient (Wildman–Crippen LogP) is 2.57. The highest BCUT2D eigenvalue weighted by Gasteiger charge is 2.39. The minimum atomic E-state index is -0.831. The summed E-state index contributed by atoms with van der Waals surface area (Å²) in [4.78, 5) is 23.4. The van der Waals surface area contributed by atoms with Crippen molar-refractivity contribution in [1.82, 2.24) is 5.32 Å². The molecular formula is C14H25NO3. The van der Waals surface area contributed by atoms with E-state index >= 15 is 0 Å². The third kappa shape index (κ3) is 3.03. The van der Waals surface area contributed by atoms with Gasteiger partial charge in [-0.3, -0.25) is 9.59 Å². The standard InChI is InChI=1S/C14H25NO3/c1-4-14(5-2,6-3)15-12(16)10-8-7-9-11(10)13(17)18/h10-11H,4-9H2,1-3H3,(H,15,16)(H,17,18)/t10-,11+/m1/s1. The lowest BCUT2D eigenvalue weighted by Crippen LogP contribution is -2.50. The Labute approximate surface area is 109 Å². The lowest BCUT2D eigenvalue weighted by molar-refractivity contribution is -0.146. The Morgan fingerprint density at radius 2 is 1.61 bits per heavy atom. The normalized spacial score (nSPS) is 23.9. The Morgan fingerprint density at radius 1 is 1.11 bits per heavy atom. The van der Waals surface area contributed by atoms with E-state index in [0.717, 1.165) is 25.7 Å². The first-order valence-electron chi connectivity index (χ1n) is 7.04. The van der Waals surface area contributed by atoms with Gasteiger partial charge in [0.05, 0.1) is 11.8 Å². The van der Waals surface area contributed by atoms with Crippen LogP contribution in [0.15, 0.2) is 0 Å². The number of nitrogens with one attached hydrogen (secondary N) is 1. The Hall–Kier alpha value is -1.06. The molecule has 4 nitrogen and oxygen atoms in total. The summed E-state index contributed by atoms with van der Waals surface area (Å²) in [7, 11) is 0. The quantitative estimate of drug-likeness (QED) is 0.766. The van der Waals surface area contributed by atoms with E-state index in [4.69, 9.17) is 5.11 Å². The van der Waals surface area contributed by atoms with Gasteiger partial charge in [-0.05, 0) is 32.1 Å². The van der Waals surface area contributed by atoms with Gasteiger partial charge in [-0.2, -0.15) is 0 Å². The monoisotopic (exact) mass is 255 g/mol. The number of carbonyl (C=O) groups is 2. The summed E-state index contributed by atoms with van der Waals surface area (Å²) in [5.41, 5.74) is -0.164. The summed E-state index contributed by atoms with van der Waals surface area (Å²) in [6.07, 6.45) is 4.83. The van der Waals surface area contributed by atoms with Gasteiger partial charge in [0.15, 0.2) is 0 Å². The van der Waals surface area contributed by atoms with Crippen LogP contribution in [0.5, 0.6) is 0 Å². The van der Waals surface area contributed by atoms with Crippen molar-refractivity contribution < 1.29 is 14.7 Å². The van der Waals surface area contributed by atoms with E-state index in [1.54, 1.807) is 0 Å². The summed E-state index contributed by atoms with van der Waals surface area (Å²) in [5.74, 6) is -1.73. The predicted molar refractivity (Wildman–Crippen MR) is 70.2 cm³/mol. The molecule has 18 heavy (non-hydrogen) atoms. The highest BCUT2D eigenvalue weighted by Crippen LogP contribution is 2.33. The summed E-state index contributed by atoms with van der Waals surface area (Å²) in [6.45, 7) is 6.20. The maximum Gasteiger partial charge on any atom is 0.307 e. The van der Waals surface area contributed by atoms with Crippen LogP contribution in [0.4, 0.5) is 0 Å². The van der Waals surface area contributed by atoms with Crippen molar-refractivity contribution in [2.75, 3.05) is 0 Å². The van der Waals surface area contributed by atoms with Crippen LogP contribution < -0.4 is 5.32 Å². The van der Waals surface area contributed by atoms with Gasteiger partial charge < -0.3 is 10.4 Å². The zero-order valence-corrected chi connectivity index (χ0v) is 11.7. The minimum absolute atomic E-state index is 0.0644. The first-order valence-corrected chi connectivity index (χ1v) is 7.04. The molecule has 1 amide bonds. The molecule has 0 unspecified atom stereocenters. The lowest BCUT2D eigenvalue weighted by atomic mass is 9.87. The molecule has 2 atom stereocenters. The number of amides is 1. The molecule has 104 valence electrons. The molecule has 0 bridgehead atoms. The molecule has 2 N–H and O–H groups in total. The minimum Gasteiger partial charge on any atom is -0.481 e. The molecule has 0 aromatic heterocycles. The van der Waals surface area contributed by atoms with E-state index in [2.05, 4.69) is 26.1 Å². The molecule has 1 aliphatic rings. The second-order valence-electron chi connectivity index (χ2n) is 5.31. The largest absolute Gasteiger partial charge is 0.481 e.